The Balaban J connectivity index is 2.20. The van der Waals surface area contributed by atoms with E-state index in [1.807, 2.05) is 7.05 Å². The van der Waals surface area contributed by atoms with Gasteiger partial charge in [0.15, 0.2) is 5.82 Å². The molecule has 0 unspecified atom stereocenters. The molecule has 1 fully saturated rings. The lowest BCUT2D eigenvalue weighted by Gasteiger charge is -2.21. The molecule has 1 aliphatic carbocycles. The fourth-order valence-electron chi connectivity index (χ4n) is 2.13. The van der Waals surface area contributed by atoms with Crippen molar-refractivity contribution in [3.8, 4) is 0 Å². The summed E-state index contributed by atoms with van der Waals surface area (Å²) in [6, 6.07) is 0. The van der Waals surface area contributed by atoms with Gasteiger partial charge in [-0.05, 0) is 12.8 Å². The predicted molar refractivity (Wildman–Crippen MR) is 55.2 cm³/mol. The fraction of sp³-hybridized carbons (Fsp3) is 0.700. The summed E-state index contributed by atoms with van der Waals surface area (Å²) in [5.74, 6) is 1.46. The van der Waals surface area contributed by atoms with Gasteiger partial charge in [-0.15, -0.1) is 10.2 Å². The van der Waals surface area contributed by atoms with Crippen molar-refractivity contribution in [2.45, 2.75) is 38.0 Å². The standard InChI is InChI=1S/C10H16N4/c1-11-10-9(14-13-7-12-10)8-5-3-2-4-6-8/h7-8H,2-6H2,1H3,(H,11,12,13). The van der Waals surface area contributed by atoms with Gasteiger partial charge < -0.3 is 5.32 Å². The van der Waals surface area contributed by atoms with E-state index in [-0.39, 0.29) is 0 Å². The van der Waals surface area contributed by atoms with Gasteiger partial charge in [0.25, 0.3) is 0 Å². The molecule has 76 valence electrons. The average molecular weight is 192 g/mol. The summed E-state index contributed by atoms with van der Waals surface area (Å²) in [4.78, 5) is 4.19. The van der Waals surface area contributed by atoms with Gasteiger partial charge in [-0.1, -0.05) is 19.3 Å². The Morgan fingerprint density at radius 2 is 2.07 bits per heavy atom. The van der Waals surface area contributed by atoms with Crippen LogP contribution < -0.4 is 5.32 Å². The summed E-state index contributed by atoms with van der Waals surface area (Å²) in [7, 11) is 1.89. The van der Waals surface area contributed by atoms with E-state index in [1.54, 1.807) is 0 Å². The Hall–Kier alpha value is -1.19. The van der Waals surface area contributed by atoms with E-state index in [0.29, 0.717) is 5.92 Å². The van der Waals surface area contributed by atoms with E-state index in [1.165, 1.54) is 38.4 Å². The predicted octanol–water partition coefficient (Wildman–Crippen LogP) is 1.96. The first-order chi connectivity index (χ1) is 6.92. The normalized spacial score (nSPS) is 18.1. The van der Waals surface area contributed by atoms with Crippen LogP contribution in [0.4, 0.5) is 5.82 Å². The Labute approximate surface area is 84.2 Å². The third-order valence-electron chi connectivity index (χ3n) is 2.88. The number of nitrogens with zero attached hydrogens (tertiary/aromatic N) is 3. The van der Waals surface area contributed by atoms with Gasteiger partial charge in [0.1, 0.15) is 12.0 Å². The zero-order valence-electron chi connectivity index (χ0n) is 8.53. The van der Waals surface area contributed by atoms with Crippen LogP contribution in [0.1, 0.15) is 43.7 Å². The quantitative estimate of drug-likeness (QED) is 0.778. The number of nitrogens with one attached hydrogen (secondary N) is 1. The highest BCUT2D eigenvalue weighted by atomic mass is 15.2. The Morgan fingerprint density at radius 1 is 1.29 bits per heavy atom. The van der Waals surface area contributed by atoms with E-state index in [9.17, 15) is 0 Å². The third-order valence-corrected chi connectivity index (χ3v) is 2.88. The molecular formula is C10H16N4. The second-order valence-electron chi connectivity index (χ2n) is 3.78. The van der Waals surface area contributed by atoms with Crippen LogP contribution >= 0.6 is 0 Å². The van der Waals surface area contributed by atoms with Gasteiger partial charge in [0.2, 0.25) is 0 Å². The van der Waals surface area contributed by atoms with E-state index in [4.69, 9.17) is 0 Å². The summed E-state index contributed by atoms with van der Waals surface area (Å²) < 4.78 is 0. The minimum Gasteiger partial charge on any atom is -0.372 e. The molecule has 0 saturated heterocycles. The van der Waals surface area contributed by atoms with Crippen molar-refractivity contribution in [1.29, 1.82) is 0 Å². The lowest BCUT2D eigenvalue weighted by molar-refractivity contribution is 0.433. The van der Waals surface area contributed by atoms with Crippen LogP contribution in [-0.4, -0.2) is 22.2 Å². The Kier molecular flexibility index (Phi) is 2.91. The molecule has 0 aromatic carbocycles. The summed E-state index contributed by atoms with van der Waals surface area (Å²) in [6.45, 7) is 0. The molecule has 0 atom stereocenters. The van der Waals surface area contributed by atoms with Crippen molar-refractivity contribution >= 4 is 5.82 Å². The molecule has 0 amide bonds. The molecule has 0 spiro atoms. The maximum Gasteiger partial charge on any atom is 0.151 e. The van der Waals surface area contributed by atoms with Gasteiger partial charge in [0, 0.05) is 13.0 Å². The highest BCUT2D eigenvalue weighted by Crippen LogP contribution is 2.33. The van der Waals surface area contributed by atoms with Crippen molar-refractivity contribution in [3.05, 3.63) is 12.0 Å². The van der Waals surface area contributed by atoms with Gasteiger partial charge >= 0.3 is 0 Å². The second-order valence-corrected chi connectivity index (χ2v) is 3.78. The average Bonchev–Trinajstić information content (AvgIpc) is 2.30. The fourth-order valence-corrected chi connectivity index (χ4v) is 2.13. The molecule has 14 heavy (non-hydrogen) atoms. The molecule has 4 heteroatoms. The molecule has 1 aromatic heterocycles. The molecule has 1 aromatic rings. The number of hydrogen-bond acceptors (Lipinski definition) is 4. The third kappa shape index (κ3) is 1.84. The molecule has 1 aliphatic rings. The van der Waals surface area contributed by atoms with Gasteiger partial charge in [0.05, 0.1) is 0 Å². The number of aromatic nitrogens is 3. The van der Waals surface area contributed by atoms with E-state index in [2.05, 4.69) is 20.5 Å². The monoisotopic (exact) mass is 192 g/mol. The topological polar surface area (TPSA) is 50.7 Å². The smallest absolute Gasteiger partial charge is 0.151 e. The molecule has 0 aliphatic heterocycles. The van der Waals surface area contributed by atoms with Crippen LogP contribution in [0.2, 0.25) is 0 Å². The van der Waals surface area contributed by atoms with Crippen LogP contribution in [0.15, 0.2) is 6.33 Å². The SMILES string of the molecule is CNc1ncnnc1C1CCCCC1. The van der Waals surface area contributed by atoms with E-state index < -0.39 is 0 Å². The van der Waals surface area contributed by atoms with Crippen molar-refractivity contribution in [2.75, 3.05) is 12.4 Å². The summed E-state index contributed by atoms with van der Waals surface area (Å²) in [6.07, 6.45) is 7.94. The van der Waals surface area contributed by atoms with Crippen LogP contribution in [0.25, 0.3) is 0 Å². The number of hydrogen-bond donors (Lipinski definition) is 1. The molecule has 4 nitrogen and oxygen atoms in total. The second kappa shape index (κ2) is 4.35. The van der Waals surface area contributed by atoms with Crippen molar-refractivity contribution in [2.24, 2.45) is 0 Å². The van der Waals surface area contributed by atoms with E-state index in [0.717, 1.165) is 11.5 Å². The van der Waals surface area contributed by atoms with Crippen molar-refractivity contribution in [3.63, 3.8) is 0 Å². The molecule has 1 heterocycles. The summed E-state index contributed by atoms with van der Waals surface area (Å²) in [5, 5.41) is 11.1. The number of rotatable bonds is 2. The van der Waals surface area contributed by atoms with Crippen LogP contribution in [-0.2, 0) is 0 Å². The first-order valence-electron chi connectivity index (χ1n) is 5.27. The molecule has 0 radical (unpaired) electrons. The van der Waals surface area contributed by atoms with Crippen molar-refractivity contribution < 1.29 is 0 Å². The van der Waals surface area contributed by atoms with E-state index >= 15 is 0 Å². The lowest BCUT2D eigenvalue weighted by atomic mass is 9.87. The Bertz CT molecular complexity index is 294. The first kappa shape index (κ1) is 9.37. The maximum atomic E-state index is 4.20. The minimum absolute atomic E-state index is 0.562. The summed E-state index contributed by atoms with van der Waals surface area (Å²) >= 11 is 0. The van der Waals surface area contributed by atoms with Gasteiger partial charge in [-0.2, -0.15) is 0 Å². The zero-order chi connectivity index (χ0) is 9.80. The van der Waals surface area contributed by atoms with Crippen molar-refractivity contribution in [1.82, 2.24) is 15.2 Å². The lowest BCUT2D eigenvalue weighted by Crippen LogP contribution is -2.11. The minimum atomic E-state index is 0.562. The largest absolute Gasteiger partial charge is 0.372 e. The summed E-state index contributed by atoms with van der Waals surface area (Å²) in [5.41, 5.74) is 1.05. The zero-order valence-corrected chi connectivity index (χ0v) is 8.53. The van der Waals surface area contributed by atoms with Gasteiger partial charge in [-0.3, -0.25) is 0 Å². The van der Waals surface area contributed by atoms with Gasteiger partial charge in [-0.25, -0.2) is 4.98 Å². The molecule has 0 bridgehead atoms. The van der Waals surface area contributed by atoms with Crippen LogP contribution in [0.3, 0.4) is 0 Å². The Morgan fingerprint density at radius 3 is 2.79 bits per heavy atom. The highest BCUT2D eigenvalue weighted by Gasteiger charge is 2.20. The highest BCUT2D eigenvalue weighted by molar-refractivity contribution is 5.39. The molecular weight excluding hydrogens is 176 g/mol. The van der Waals surface area contributed by atoms with Crippen LogP contribution in [0, 0.1) is 0 Å². The molecule has 1 saturated carbocycles. The number of anilines is 1. The first-order valence-corrected chi connectivity index (χ1v) is 5.27. The molecule has 2 rings (SSSR count). The van der Waals surface area contributed by atoms with Crippen LogP contribution in [0.5, 0.6) is 0 Å². The maximum absolute atomic E-state index is 4.20. The molecule has 1 N–H and O–H groups in total.